The van der Waals surface area contributed by atoms with E-state index in [2.05, 4.69) is 27.7 Å². The monoisotopic (exact) mass is 771 g/mol. The van der Waals surface area contributed by atoms with Crippen LogP contribution in [-0.4, -0.2) is 71.2 Å². The van der Waals surface area contributed by atoms with E-state index < -0.39 is 5.97 Å². The minimum atomic E-state index is -0.715. The van der Waals surface area contributed by atoms with Gasteiger partial charge in [-0.1, -0.05) is 65.7 Å². The van der Waals surface area contributed by atoms with Crippen molar-refractivity contribution in [2.24, 2.45) is 11.8 Å². The number of likely N-dealkylation sites (tertiary alicyclic amines) is 1. The predicted octanol–water partition coefficient (Wildman–Crippen LogP) is 6.86. The van der Waals surface area contributed by atoms with Crippen molar-refractivity contribution in [3.05, 3.63) is 86.9 Å². The molecule has 1 saturated carbocycles. The highest BCUT2D eigenvalue weighted by Crippen LogP contribution is 2.46. The first-order valence-electron chi connectivity index (χ1n) is 18.5. The quantitative estimate of drug-likeness (QED) is 0.132. The van der Waals surface area contributed by atoms with Crippen LogP contribution in [0.1, 0.15) is 60.5 Å². The van der Waals surface area contributed by atoms with E-state index in [9.17, 15) is 14.7 Å². The number of rotatable bonds is 13. The zero-order valence-electron chi connectivity index (χ0n) is 30.2. The maximum absolute atomic E-state index is 11.9. The van der Waals surface area contributed by atoms with E-state index in [0.29, 0.717) is 59.4 Å². The van der Waals surface area contributed by atoms with Crippen molar-refractivity contribution in [2.75, 3.05) is 27.3 Å². The molecule has 2 aliphatic carbocycles. The van der Waals surface area contributed by atoms with E-state index in [1.54, 1.807) is 14.2 Å². The SMILES string of the molecule is COc1nc(-c2cccc(-c3cccc4c3CC[C@@H]4Oc3nc(OC)c(CN4CC5CCC4C5C(=O)O)cc3Cl)c2Cl)ccc1CNC[C@@H]1CCC(=O)N1. The smallest absolute Gasteiger partial charge is 0.308 e. The number of carboxylic acids is 1. The fourth-order valence-electron chi connectivity index (χ4n) is 8.95. The zero-order chi connectivity index (χ0) is 37.5. The van der Waals surface area contributed by atoms with Gasteiger partial charge in [-0.25, -0.2) is 4.98 Å². The lowest BCUT2D eigenvalue weighted by Gasteiger charge is -2.27. The predicted molar refractivity (Wildman–Crippen MR) is 205 cm³/mol. The van der Waals surface area contributed by atoms with Crippen LogP contribution < -0.4 is 24.8 Å². The second kappa shape index (κ2) is 15.4. The van der Waals surface area contributed by atoms with Crippen LogP contribution in [0, 0.1) is 11.8 Å². The number of amides is 1. The number of halogens is 2. The summed E-state index contributed by atoms with van der Waals surface area (Å²) in [7, 11) is 3.19. The molecule has 3 unspecified atom stereocenters. The third-order valence-corrected chi connectivity index (χ3v) is 12.2. The second-order valence-corrected chi connectivity index (χ2v) is 15.4. The standard InChI is InChI=1S/C41H43Cl2N5O6/c1-52-38-22(18-44-19-25-11-16-35(49)45-25)9-13-32(46-38)30-8-4-7-29(37(30)43)26-5-3-6-28-27(26)12-15-34(28)54-40-31(42)17-24(39(47-40)53-2)21-48-20-23-10-14-33(48)36(23)41(50)51/h3-9,13,17,23,25,33-34,36,44H,10-12,14-16,18-21H2,1-2H3,(H,45,49)(H,50,51)/t23?,25-,33?,34-,36?/m0/s1. The number of pyridine rings is 2. The van der Waals surface area contributed by atoms with Gasteiger partial charge in [0.25, 0.3) is 0 Å². The van der Waals surface area contributed by atoms with Crippen molar-refractivity contribution in [3.63, 3.8) is 0 Å². The van der Waals surface area contributed by atoms with E-state index in [4.69, 9.17) is 47.4 Å². The molecule has 0 spiro atoms. The summed E-state index contributed by atoms with van der Waals surface area (Å²) in [4.78, 5) is 35.2. The Hall–Kier alpha value is -4.42. The molecule has 0 radical (unpaired) electrons. The Morgan fingerprint density at radius 1 is 0.926 bits per heavy atom. The molecular formula is C41H43Cl2N5O6. The molecule has 8 rings (SSSR count). The number of nitrogens with zero attached hydrogens (tertiary/aromatic N) is 3. The van der Waals surface area contributed by atoms with Crippen molar-refractivity contribution in [1.29, 1.82) is 0 Å². The number of fused-ring (bicyclic) bond motifs is 3. The summed E-state index contributed by atoms with van der Waals surface area (Å²) in [6.45, 7) is 2.50. The number of piperidine rings is 1. The summed E-state index contributed by atoms with van der Waals surface area (Å²) >= 11 is 14.0. The number of hydrogen-bond donors (Lipinski definition) is 3. The van der Waals surface area contributed by atoms with Gasteiger partial charge in [-0.15, -0.1) is 0 Å². The molecule has 13 heteroatoms. The van der Waals surface area contributed by atoms with Gasteiger partial charge in [-0.3, -0.25) is 14.5 Å². The normalized spacial score (nSPS) is 23.0. The lowest BCUT2D eigenvalue weighted by atomic mass is 9.94. The number of aliphatic carboxylic acids is 1. The van der Waals surface area contributed by atoms with Crippen LogP contribution in [0.2, 0.25) is 10.0 Å². The Bertz CT molecular complexity index is 2100. The summed E-state index contributed by atoms with van der Waals surface area (Å²) in [6.07, 6.45) is 4.49. The van der Waals surface area contributed by atoms with Crippen LogP contribution >= 0.6 is 23.2 Å². The van der Waals surface area contributed by atoms with Crippen molar-refractivity contribution >= 4 is 35.1 Å². The van der Waals surface area contributed by atoms with Gasteiger partial charge in [0.1, 0.15) is 11.1 Å². The molecule has 2 aromatic carbocycles. The van der Waals surface area contributed by atoms with Gasteiger partial charge in [-0.2, -0.15) is 4.98 Å². The highest BCUT2D eigenvalue weighted by atomic mass is 35.5. The average molecular weight is 773 g/mol. The van der Waals surface area contributed by atoms with Crippen molar-refractivity contribution in [2.45, 2.75) is 69.8 Å². The molecule has 11 nitrogen and oxygen atoms in total. The van der Waals surface area contributed by atoms with Gasteiger partial charge in [0.2, 0.25) is 23.5 Å². The van der Waals surface area contributed by atoms with Crippen LogP contribution in [0.15, 0.2) is 54.6 Å². The van der Waals surface area contributed by atoms with E-state index in [0.717, 1.165) is 77.6 Å². The number of hydrogen-bond acceptors (Lipinski definition) is 9. The molecule has 54 heavy (non-hydrogen) atoms. The maximum Gasteiger partial charge on any atom is 0.308 e. The van der Waals surface area contributed by atoms with E-state index in [1.165, 1.54) is 0 Å². The van der Waals surface area contributed by atoms with Crippen molar-refractivity contribution in [3.8, 4) is 40.0 Å². The highest BCUT2D eigenvalue weighted by Gasteiger charge is 2.50. The molecule has 2 saturated heterocycles. The lowest BCUT2D eigenvalue weighted by molar-refractivity contribution is -0.142. The fourth-order valence-corrected chi connectivity index (χ4v) is 9.49. The van der Waals surface area contributed by atoms with Crippen LogP contribution in [0.25, 0.3) is 22.4 Å². The third kappa shape index (κ3) is 6.98. The molecule has 2 aromatic heterocycles. The van der Waals surface area contributed by atoms with Crippen molar-refractivity contribution < 1.29 is 28.9 Å². The molecule has 4 aromatic rings. The molecular weight excluding hydrogens is 729 g/mol. The lowest BCUT2D eigenvalue weighted by Crippen LogP contribution is -2.35. The van der Waals surface area contributed by atoms with Crippen molar-refractivity contribution in [1.82, 2.24) is 25.5 Å². The average Bonchev–Trinajstić information content (AvgIpc) is 3.97. The molecule has 2 aliphatic heterocycles. The third-order valence-electron chi connectivity index (χ3n) is 11.5. The number of carboxylic acid groups (broad SMARTS) is 1. The van der Waals surface area contributed by atoms with Crippen LogP contribution in [0.4, 0.5) is 0 Å². The molecule has 282 valence electrons. The number of carbonyl (C=O) groups excluding carboxylic acids is 1. The number of carbonyl (C=O) groups is 2. The Morgan fingerprint density at radius 2 is 1.70 bits per heavy atom. The minimum absolute atomic E-state index is 0.0111. The zero-order valence-corrected chi connectivity index (χ0v) is 31.8. The van der Waals surface area contributed by atoms with Gasteiger partial charge in [0, 0.05) is 66.9 Å². The molecule has 3 fully saturated rings. The highest BCUT2D eigenvalue weighted by molar-refractivity contribution is 6.36. The molecule has 4 aliphatic rings. The van der Waals surface area contributed by atoms with Crippen LogP contribution in [0.5, 0.6) is 17.6 Å². The van der Waals surface area contributed by atoms with E-state index >= 15 is 0 Å². The molecule has 5 atom stereocenters. The molecule has 1 amide bonds. The van der Waals surface area contributed by atoms with Gasteiger partial charge in [0.05, 0.1) is 30.9 Å². The Balaban J connectivity index is 0.993. The van der Waals surface area contributed by atoms with Crippen LogP contribution in [-0.2, 0) is 29.1 Å². The summed E-state index contributed by atoms with van der Waals surface area (Å²) in [5.74, 6) is 0.476. The summed E-state index contributed by atoms with van der Waals surface area (Å²) in [6, 6.07) is 18.1. The van der Waals surface area contributed by atoms with Gasteiger partial charge in [-0.05, 0) is 66.8 Å². The fraction of sp³-hybridized carbons (Fsp3) is 0.415. The van der Waals surface area contributed by atoms with E-state index in [-0.39, 0.29) is 35.9 Å². The first-order chi connectivity index (χ1) is 26.2. The second-order valence-electron chi connectivity index (χ2n) is 14.6. The summed E-state index contributed by atoms with van der Waals surface area (Å²) < 4.78 is 17.9. The summed E-state index contributed by atoms with van der Waals surface area (Å²) in [5.41, 5.74) is 7.37. The first-order valence-corrected chi connectivity index (χ1v) is 19.3. The topological polar surface area (TPSA) is 135 Å². The largest absolute Gasteiger partial charge is 0.481 e. The molecule has 3 N–H and O–H groups in total. The molecule has 4 heterocycles. The van der Waals surface area contributed by atoms with Gasteiger partial charge in [0.15, 0.2) is 0 Å². The Kier molecular flexibility index (Phi) is 10.4. The Morgan fingerprint density at radius 3 is 2.46 bits per heavy atom. The van der Waals surface area contributed by atoms with Gasteiger partial charge < -0.3 is 30.0 Å². The summed E-state index contributed by atoms with van der Waals surface area (Å²) in [5, 5.41) is 17.1. The van der Waals surface area contributed by atoms with Gasteiger partial charge >= 0.3 is 5.97 Å². The maximum atomic E-state index is 11.9. The number of benzene rings is 2. The van der Waals surface area contributed by atoms with E-state index in [1.807, 2.05) is 42.5 Å². The van der Waals surface area contributed by atoms with Crippen LogP contribution in [0.3, 0.4) is 0 Å². The number of ether oxygens (including phenoxy) is 3. The number of aromatic nitrogens is 2. The number of nitrogens with one attached hydrogen (secondary N) is 2. The Labute approximate surface area is 324 Å². The molecule has 2 bridgehead atoms. The first kappa shape index (κ1) is 36.6. The number of methoxy groups -OCH3 is 2. The minimum Gasteiger partial charge on any atom is -0.481 e.